The van der Waals surface area contributed by atoms with Crippen LogP contribution < -0.4 is 4.90 Å². The second-order valence-corrected chi connectivity index (χ2v) is 5.77. The molecule has 2 rings (SSSR count). The molecule has 0 aromatic carbocycles. The van der Waals surface area contributed by atoms with E-state index in [4.69, 9.17) is 0 Å². The number of aryl methyl sites for hydroxylation is 1. The maximum atomic E-state index is 11.3. The van der Waals surface area contributed by atoms with Crippen LogP contribution in [-0.2, 0) is 4.79 Å². The lowest BCUT2D eigenvalue weighted by atomic mass is 9.93. The number of rotatable bonds is 3. The minimum atomic E-state index is 0.387. The van der Waals surface area contributed by atoms with Gasteiger partial charge in [0.2, 0.25) is 5.95 Å². The molecule has 1 aliphatic rings. The summed E-state index contributed by atoms with van der Waals surface area (Å²) >= 11 is 0. The highest BCUT2D eigenvalue weighted by Gasteiger charge is 2.24. The van der Waals surface area contributed by atoms with E-state index in [1.165, 1.54) is 0 Å². The van der Waals surface area contributed by atoms with Crippen LogP contribution in [0.5, 0.6) is 0 Å². The number of Topliss-reactive ketones (excluding diaryl/α,β-unsaturated/α-hetero) is 1. The van der Waals surface area contributed by atoms with Gasteiger partial charge < -0.3 is 4.90 Å². The molecule has 1 aromatic heterocycles. The predicted octanol–water partition coefficient (Wildman–Crippen LogP) is 2.86. The maximum absolute atomic E-state index is 11.3. The van der Waals surface area contributed by atoms with Crippen LogP contribution in [0.25, 0.3) is 0 Å². The summed E-state index contributed by atoms with van der Waals surface area (Å²) in [5, 5.41) is 0. The average molecular weight is 261 g/mol. The first-order valence-electron chi connectivity index (χ1n) is 7.07. The minimum Gasteiger partial charge on any atom is -0.341 e. The fourth-order valence-corrected chi connectivity index (χ4v) is 2.51. The average Bonchev–Trinajstić information content (AvgIpc) is 2.38. The Balaban J connectivity index is 2.18. The highest BCUT2D eigenvalue weighted by molar-refractivity contribution is 5.79. The van der Waals surface area contributed by atoms with Crippen LogP contribution in [0, 0.1) is 6.92 Å². The Morgan fingerprint density at radius 3 is 2.47 bits per heavy atom. The third kappa shape index (κ3) is 3.31. The van der Waals surface area contributed by atoms with Gasteiger partial charge in [-0.15, -0.1) is 0 Å². The van der Waals surface area contributed by atoms with Crippen molar-refractivity contribution < 1.29 is 4.79 Å². The first-order valence-corrected chi connectivity index (χ1v) is 7.07. The summed E-state index contributed by atoms with van der Waals surface area (Å²) in [4.78, 5) is 22.7. The minimum absolute atomic E-state index is 0.387. The van der Waals surface area contributed by atoms with Crippen LogP contribution in [-0.4, -0.2) is 28.8 Å². The Kier molecular flexibility index (Phi) is 4.17. The SMILES string of the molecule is Cc1cc(C(C)C)nc(N(C)C2CCC(=O)CC2)n1. The molecule has 0 bridgehead atoms. The van der Waals surface area contributed by atoms with Gasteiger partial charge in [0.15, 0.2) is 0 Å². The molecule has 4 heteroatoms. The summed E-state index contributed by atoms with van der Waals surface area (Å²) in [6.45, 7) is 6.30. The van der Waals surface area contributed by atoms with Crippen LogP contribution in [0.4, 0.5) is 5.95 Å². The number of carbonyl (C=O) groups is 1. The Bertz CT molecular complexity index is 460. The molecule has 19 heavy (non-hydrogen) atoms. The molecule has 0 aliphatic heterocycles. The van der Waals surface area contributed by atoms with Crippen molar-refractivity contribution in [2.45, 2.75) is 58.4 Å². The second-order valence-electron chi connectivity index (χ2n) is 5.77. The van der Waals surface area contributed by atoms with Crippen molar-refractivity contribution in [3.05, 3.63) is 17.5 Å². The van der Waals surface area contributed by atoms with Crippen LogP contribution in [0.15, 0.2) is 6.07 Å². The van der Waals surface area contributed by atoms with E-state index in [1.54, 1.807) is 0 Å². The summed E-state index contributed by atoms with van der Waals surface area (Å²) in [5.41, 5.74) is 2.09. The van der Waals surface area contributed by atoms with E-state index in [0.29, 0.717) is 30.6 Å². The molecule has 0 saturated heterocycles. The quantitative estimate of drug-likeness (QED) is 0.839. The number of hydrogen-bond donors (Lipinski definition) is 0. The zero-order chi connectivity index (χ0) is 14.0. The van der Waals surface area contributed by atoms with Gasteiger partial charge >= 0.3 is 0 Å². The lowest BCUT2D eigenvalue weighted by molar-refractivity contribution is -0.120. The highest BCUT2D eigenvalue weighted by atomic mass is 16.1. The largest absolute Gasteiger partial charge is 0.341 e. The second kappa shape index (κ2) is 5.68. The molecular weight excluding hydrogens is 238 g/mol. The number of anilines is 1. The molecule has 0 N–H and O–H groups in total. The van der Waals surface area contributed by atoms with Crippen LogP contribution >= 0.6 is 0 Å². The lowest BCUT2D eigenvalue weighted by Crippen LogP contribution is -2.36. The van der Waals surface area contributed by atoms with Gasteiger partial charge in [0.25, 0.3) is 0 Å². The summed E-state index contributed by atoms with van der Waals surface area (Å²) in [6.07, 6.45) is 3.23. The van der Waals surface area contributed by atoms with E-state index in [0.717, 1.165) is 30.2 Å². The number of carbonyl (C=O) groups excluding carboxylic acids is 1. The number of nitrogens with zero attached hydrogens (tertiary/aromatic N) is 3. The fourth-order valence-electron chi connectivity index (χ4n) is 2.51. The maximum Gasteiger partial charge on any atom is 0.225 e. The number of aromatic nitrogens is 2. The molecule has 0 unspecified atom stereocenters. The summed E-state index contributed by atoms with van der Waals surface area (Å²) < 4.78 is 0. The summed E-state index contributed by atoms with van der Waals surface area (Å²) in [5.74, 6) is 1.59. The van der Waals surface area contributed by atoms with Gasteiger partial charge in [-0.3, -0.25) is 4.79 Å². The fraction of sp³-hybridized carbons (Fsp3) is 0.667. The summed E-state index contributed by atoms with van der Waals surface area (Å²) in [6, 6.07) is 2.44. The molecule has 104 valence electrons. The van der Waals surface area contributed by atoms with Crippen molar-refractivity contribution in [1.29, 1.82) is 0 Å². The van der Waals surface area contributed by atoms with E-state index in [9.17, 15) is 4.79 Å². The van der Waals surface area contributed by atoms with E-state index in [2.05, 4.69) is 28.7 Å². The molecule has 1 aliphatic carbocycles. The molecule has 0 amide bonds. The molecule has 0 atom stereocenters. The van der Waals surface area contributed by atoms with Crippen molar-refractivity contribution in [1.82, 2.24) is 9.97 Å². The third-order valence-electron chi connectivity index (χ3n) is 3.83. The first-order chi connectivity index (χ1) is 8.97. The molecule has 1 saturated carbocycles. The Labute approximate surface area is 115 Å². The van der Waals surface area contributed by atoms with Crippen molar-refractivity contribution in [2.75, 3.05) is 11.9 Å². The molecular formula is C15H23N3O. The van der Waals surface area contributed by atoms with E-state index in [1.807, 2.05) is 20.0 Å². The van der Waals surface area contributed by atoms with Crippen LogP contribution in [0.3, 0.4) is 0 Å². The molecule has 4 nitrogen and oxygen atoms in total. The molecule has 1 fully saturated rings. The van der Waals surface area contributed by atoms with Gasteiger partial charge in [0.1, 0.15) is 5.78 Å². The zero-order valence-electron chi connectivity index (χ0n) is 12.3. The van der Waals surface area contributed by atoms with Crippen molar-refractivity contribution in [3.8, 4) is 0 Å². The highest BCUT2D eigenvalue weighted by Crippen LogP contribution is 2.24. The van der Waals surface area contributed by atoms with Crippen LogP contribution in [0.2, 0.25) is 0 Å². The first kappa shape index (κ1) is 14.0. The standard InChI is InChI=1S/C15H23N3O/c1-10(2)14-9-11(3)16-15(17-14)18(4)12-5-7-13(19)8-6-12/h9-10,12H,5-8H2,1-4H3. The molecule has 1 aromatic rings. The Morgan fingerprint density at radius 1 is 1.26 bits per heavy atom. The Morgan fingerprint density at radius 2 is 1.89 bits per heavy atom. The molecule has 0 spiro atoms. The molecule has 0 radical (unpaired) electrons. The van der Waals surface area contributed by atoms with E-state index in [-0.39, 0.29) is 0 Å². The normalized spacial score (nSPS) is 17.0. The smallest absolute Gasteiger partial charge is 0.225 e. The van der Waals surface area contributed by atoms with Crippen molar-refractivity contribution >= 4 is 11.7 Å². The Hall–Kier alpha value is -1.45. The van der Waals surface area contributed by atoms with Gasteiger partial charge in [0.05, 0.1) is 0 Å². The number of hydrogen-bond acceptors (Lipinski definition) is 4. The van der Waals surface area contributed by atoms with Gasteiger partial charge in [-0.1, -0.05) is 13.8 Å². The van der Waals surface area contributed by atoms with Gasteiger partial charge in [-0.2, -0.15) is 0 Å². The van der Waals surface area contributed by atoms with Crippen molar-refractivity contribution in [3.63, 3.8) is 0 Å². The van der Waals surface area contributed by atoms with E-state index < -0.39 is 0 Å². The number of ketones is 1. The topological polar surface area (TPSA) is 46.1 Å². The third-order valence-corrected chi connectivity index (χ3v) is 3.83. The van der Waals surface area contributed by atoms with E-state index >= 15 is 0 Å². The van der Waals surface area contributed by atoms with Gasteiger partial charge in [0, 0.05) is 37.3 Å². The lowest BCUT2D eigenvalue weighted by Gasteiger charge is -2.31. The molecule has 1 heterocycles. The van der Waals surface area contributed by atoms with Crippen molar-refractivity contribution in [2.24, 2.45) is 0 Å². The zero-order valence-corrected chi connectivity index (χ0v) is 12.3. The summed E-state index contributed by atoms with van der Waals surface area (Å²) in [7, 11) is 2.04. The van der Waals surface area contributed by atoms with Gasteiger partial charge in [-0.25, -0.2) is 9.97 Å². The van der Waals surface area contributed by atoms with Gasteiger partial charge in [-0.05, 0) is 31.7 Å². The van der Waals surface area contributed by atoms with Crippen LogP contribution in [0.1, 0.15) is 56.8 Å². The monoisotopic (exact) mass is 261 g/mol. The predicted molar refractivity (Wildman–Crippen MR) is 76.5 cm³/mol.